The molecule has 2 aromatic rings. The highest BCUT2D eigenvalue weighted by Gasteiger charge is 2.17. The number of hydrogen-bond donors (Lipinski definition) is 1. The highest BCUT2D eigenvalue weighted by atomic mass is 35.5. The van der Waals surface area contributed by atoms with Gasteiger partial charge in [0.2, 0.25) is 5.78 Å². The smallest absolute Gasteiger partial charge is 0.223 e. The first-order chi connectivity index (χ1) is 9.72. The summed E-state index contributed by atoms with van der Waals surface area (Å²) in [4.78, 5) is 12.1. The molecule has 5 heteroatoms. The maximum absolute atomic E-state index is 12.1. The largest absolute Gasteiger partial charge is 0.453 e. The summed E-state index contributed by atoms with van der Waals surface area (Å²) in [6.45, 7) is 1.96. The molecule has 1 aromatic heterocycles. The maximum atomic E-state index is 12.1. The second kappa shape index (κ2) is 5.95. The molecule has 0 spiro atoms. The number of carbonyl (C=O) groups excluding carboxylic acids is 1. The second-order valence-corrected chi connectivity index (χ2v) is 5.41. The molecule has 1 aromatic carbocycles. The van der Waals surface area contributed by atoms with Crippen molar-refractivity contribution in [3.05, 3.63) is 35.0 Å². The molecule has 0 amide bonds. The van der Waals surface area contributed by atoms with Crippen LogP contribution in [0, 0.1) is 0 Å². The van der Waals surface area contributed by atoms with E-state index in [1.165, 1.54) is 0 Å². The van der Waals surface area contributed by atoms with Gasteiger partial charge in [0.25, 0.3) is 0 Å². The summed E-state index contributed by atoms with van der Waals surface area (Å²) in [6, 6.07) is 7.01. The molecule has 0 aliphatic carbocycles. The fourth-order valence-corrected chi connectivity index (χ4v) is 2.56. The van der Waals surface area contributed by atoms with Crippen LogP contribution in [-0.4, -0.2) is 31.6 Å². The molecule has 0 radical (unpaired) electrons. The number of benzene rings is 1. The number of fused-ring (bicyclic) bond motifs is 1. The number of halogens is 1. The van der Waals surface area contributed by atoms with Gasteiger partial charge in [-0.3, -0.25) is 4.79 Å². The predicted molar refractivity (Wildman–Crippen MR) is 77.4 cm³/mol. The zero-order valence-electron chi connectivity index (χ0n) is 11.0. The molecule has 1 fully saturated rings. The zero-order chi connectivity index (χ0) is 13.9. The van der Waals surface area contributed by atoms with Crippen LogP contribution >= 0.6 is 11.6 Å². The molecule has 1 aliphatic heterocycles. The van der Waals surface area contributed by atoms with Crippen molar-refractivity contribution in [2.24, 2.45) is 0 Å². The second-order valence-electron chi connectivity index (χ2n) is 4.98. The first kappa shape index (κ1) is 13.6. The molecule has 1 N–H and O–H groups in total. The van der Waals surface area contributed by atoms with Crippen molar-refractivity contribution in [1.29, 1.82) is 0 Å². The van der Waals surface area contributed by atoms with Crippen LogP contribution in [0.4, 0.5) is 0 Å². The molecule has 1 saturated heterocycles. The molecule has 2 heterocycles. The van der Waals surface area contributed by atoms with Gasteiger partial charge in [0.1, 0.15) is 12.2 Å². The third kappa shape index (κ3) is 3.03. The minimum atomic E-state index is -0.129. The van der Waals surface area contributed by atoms with Crippen molar-refractivity contribution in [3.63, 3.8) is 0 Å². The molecule has 0 bridgehead atoms. The van der Waals surface area contributed by atoms with E-state index < -0.39 is 0 Å². The molecule has 0 saturated carbocycles. The highest BCUT2D eigenvalue weighted by Crippen LogP contribution is 2.23. The van der Waals surface area contributed by atoms with E-state index in [9.17, 15) is 4.79 Å². The lowest BCUT2D eigenvalue weighted by molar-refractivity contribution is 0.0304. The average molecular weight is 294 g/mol. The van der Waals surface area contributed by atoms with E-state index >= 15 is 0 Å². The number of rotatable bonds is 4. The topological polar surface area (TPSA) is 51.5 Å². The quantitative estimate of drug-likeness (QED) is 0.880. The zero-order valence-corrected chi connectivity index (χ0v) is 11.8. The number of nitrogens with one attached hydrogen (secondary N) is 1. The van der Waals surface area contributed by atoms with Crippen LogP contribution in [0.5, 0.6) is 0 Å². The molecule has 0 atom stereocenters. The minimum absolute atomic E-state index is 0.0677. The Labute approximate surface area is 122 Å². The van der Waals surface area contributed by atoms with Crippen LogP contribution < -0.4 is 5.32 Å². The third-order valence-corrected chi connectivity index (χ3v) is 3.72. The summed E-state index contributed by atoms with van der Waals surface area (Å²) in [7, 11) is 0. The number of Topliss-reactive ketones (excluding diaryl/α,β-unsaturated/α-hetero) is 1. The van der Waals surface area contributed by atoms with Gasteiger partial charge in [0.05, 0.1) is 6.10 Å². The van der Waals surface area contributed by atoms with Gasteiger partial charge >= 0.3 is 0 Å². The monoisotopic (exact) mass is 293 g/mol. The van der Waals surface area contributed by atoms with E-state index in [4.69, 9.17) is 20.8 Å². The number of ketones is 1. The van der Waals surface area contributed by atoms with Gasteiger partial charge in [-0.05, 0) is 50.2 Å². The Morgan fingerprint density at radius 2 is 2.15 bits per heavy atom. The normalized spacial score (nSPS) is 16.6. The Kier molecular flexibility index (Phi) is 4.05. The third-order valence-electron chi connectivity index (χ3n) is 3.49. The van der Waals surface area contributed by atoms with Gasteiger partial charge in [-0.2, -0.15) is 0 Å². The number of furan rings is 1. The van der Waals surface area contributed by atoms with Crippen LogP contribution in [0.1, 0.15) is 23.4 Å². The van der Waals surface area contributed by atoms with Crippen LogP contribution in [0.2, 0.25) is 5.02 Å². The lowest BCUT2D eigenvalue weighted by Crippen LogP contribution is -2.33. The van der Waals surface area contributed by atoms with Crippen molar-refractivity contribution in [1.82, 2.24) is 5.32 Å². The van der Waals surface area contributed by atoms with Crippen LogP contribution in [0.25, 0.3) is 11.0 Å². The Bertz CT molecular complexity index is 617. The van der Waals surface area contributed by atoms with Gasteiger partial charge in [-0.1, -0.05) is 11.6 Å². The minimum Gasteiger partial charge on any atom is -0.453 e. The van der Waals surface area contributed by atoms with Gasteiger partial charge < -0.3 is 14.5 Å². The Morgan fingerprint density at radius 3 is 2.95 bits per heavy atom. The average Bonchev–Trinajstić information content (AvgIpc) is 2.89. The van der Waals surface area contributed by atoms with E-state index in [2.05, 4.69) is 5.32 Å². The fraction of sp³-hybridized carbons (Fsp3) is 0.400. The first-order valence-corrected chi connectivity index (χ1v) is 7.15. The molecular weight excluding hydrogens is 278 g/mol. The Hall–Kier alpha value is -1.36. The fourth-order valence-electron chi connectivity index (χ4n) is 2.38. The van der Waals surface area contributed by atoms with Gasteiger partial charge in [0, 0.05) is 10.4 Å². The van der Waals surface area contributed by atoms with Crippen LogP contribution in [0.3, 0.4) is 0 Å². The Balaban J connectivity index is 1.65. The maximum Gasteiger partial charge on any atom is 0.223 e. The molecule has 20 heavy (non-hydrogen) atoms. The number of carbonyl (C=O) groups is 1. The molecule has 106 valence electrons. The SMILES string of the molecule is O=C(COC1CCNCC1)c1cc2cc(Cl)ccc2o1. The van der Waals surface area contributed by atoms with E-state index in [-0.39, 0.29) is 18.5 Å². The van der Waals surface area contributed by atoms with E-state index in [1.54, 1.807) is 24.3 Å². The summed E-state index contributed by atoms with van der Waals surface area (Å²) in [6.07, 6.45) is 2.06. The summed E-state index contributed by atoms with van der Waals surface area (Å²) >= 11 is 5.91. The summed E-state index contributed by atoms with van der Waals surface area (Å²) in [5, 5.41) is 4.72. The van der Waals surface area contributed by atoms with Gasteiger partial charge in [-0.15, -0.1) is 0 Å². The van der Waals surface area contributed by atoms with Crippen LogP contribution in [-0.2, 0) is 4.74 Å². The van der Waals surface area contributed by atoms with E-state index in [0.29, 0.717) is 16.4 Å². The van der Waals surface area contributed by atoms with Crippen LogP contribution in [0.15, 0.2) is 28.7 Å². The first-order valence-electron chi connectivity index (χ1n) is 6.77. The summed E-state index contributed by atoms with van der Waals surface area (Å²) < 4.78 is 11.2. The molecular formula is C15H16ClNO3. The van der Waals surface area contributed by atoms with Crippen molar-refractivity contribution in [3.8, 4) is 0 Å². The molecule has 3 rings (SSSR count). The van der Waals surface area contributed by atoms with Gasteiger partial charge in [0.15, 0.2) is 5.76 Å². The molecule has 4 nitrogen and oxygen atoms in total. The highest BCUT2D eigenvalue weighted by molar-refractivity contribution is 6.31. The van der Waals surface area contributed by atoms with Crippen molar-refractivity contribution in [2.75, 3.05) is 19.7 Å². The summed E-state index contributed by atoms with van der Waals surface area (Å²) in [5.41, 5.74) is 0.666. The van der Waals surface area contributed by atoms with E-state index in [1.807, 2.05) is 0 Å². The number of piperidine rings is 1. The van der Waals surface area contributed by atoms with Crippen molar-refractivity contribution < 1.29 is 13.9 Å². The predicted octanol–water partition coefficient (Wildman–Crippen LogP) is 3.04. The summed E-state index contributed by atoms with van der Waals surface area (Å²) in [5.74, 6) is 0.201. The van der Waals surface area contributed by atoms with Crippen molar-refractivity contribution in [2.45, 2.75) is 18.9 Å². The number of ether oxygens (including phenoxy) is 1. The number of hydrogen-bond acceptors (Lipinski definition) is 4. The lowest BCUT2D eigenvalue weighted by atomic mass is 10.1. The Morgan fingerprint density at radius 1 is 1.35 bits per heavy atom. The molecule has 1 aliphatic rings. The molecule has 0 unspecified atom stereocenters. The van der Waals surface area contributed by atoms with E-state index in [0.717, 1.165) is 31.3 Å². The van der Waals surface area contributed by atoms with Gasteiger partial charge in [-0.25, -0.2) is 0 Å². The lowest BCUT2D eigenvalue weighted by Gasteiger charge is -2.22. The van der Waals surface area contributed by atoms with Crippen molar-refractivity contribution >= 4 is 28.4 Å². The standard InChI is InChI=1S/C15H16ClNO3/c16-11-1-2-14-10(7-11)8-15(20-14)13(18)9-19-12-3-5-17-6-4-12/h1-2,7-8,12,17H,3-6,9H2.